The minimum absolute atomic E-state index is 0.0933. The molecule has 0 atom stereocenters. The molecule has 1 aliphatic rings. The number of methoxy groups -OCH3 is 1. The SMILES string of the molecule is COc1cc2c(cc1NC(=O)C(=O)NC1CC(C)(C)NC(C)(C)C1)oc1ccccc12. The van der Waals surface area contributed by atoms with Crippen LogP contribution in [0.1, 0.15) is 40.5 Å². The summed E-state index contributed by atoms with van der Waals surface area (Å²) < 4.78 is 11.3. The van der Waals surface area contributed by atoms with E-state index in [1.807, 2.05) is 30.3 Å². The minimum Gasteiger partial charge on any atom is -0.495 e. The molecular weight excluding hydrogens is 394 g/mol. The summed E-state index contributed by atoms with van der Waals surface area (Å²) in [6.07, 6.45) is 1.48. The molecule has 0 radical (unpaired) electrons. The summed E-state index contributed by atoms with van der Waals surface area (Å²) in [5, 5.41) is 11.0. The van der Waals surface area contributed by atoms with Crippen molar-refractivity contribution < 1.29 is 18.7 Å². The zero-order valence-electron chi connectivity index (χ0n) is 18.6. The quantitative estimate of drug-likeness (QED) is 0.555. The third-order valence-electron chi connectivity index (χ3n) is 5.68. The highest BCUT2D eigenvalue weighted by Crippen LogP contribution is 2.36. The van der Waals surface area contributed by atoms with Crippen LogP contribution in [-0.2, 0) is 9.59 Å². The Balaban J connectivity index is 1.53. The first-order valence-corrected chi connectivity index (χ1v) is 10.5. The maximum absolute atomic E-state index is 12.7. The molecule has 7 heteroatoms. The van der Waals surface area contributed by atoms with Crippen LogP contribution in [0.4, 0.5) is 5.69 Å². The van der Waals surface area contributed by atoms with Crippen molar-refractivity contribution in [3.8, 4) is 5.75 Å². The number of ether oxygens (including phenoxy) is 1. The van der Waals surface area contributed by atoms with Gasteiger partial charge in [0.15, 0.2) is 0 Å². The highest BCUT2D eigenvalue weighted by atomic mass is 16.5. The second-order valence-corrected chi connectivity index (χ2v) is 9.57. The van der Waals surface area contributed by atoms with Crippen LogP contribution in [-0.4, -0.2) is 36.0 Å². The van der Waals surface area contributed by atoms with E-state index in [0.29, 0.717) is 17.0 Å². The van der Waals surface area contributed by atoms with Gasteiger partial charge in [0, 0.05) is 34.0 Å². The van der Waals surface area contributed by atoms with E-state index in [-0.39, 0.29) is 17.1 Å². The maximum Gasteiger partial charge on any atom is 0.313 e. The van der Waals surface area contributed by atoms with Crippen LogP contribution in [0.3, 0.4) is 0 Å². The van der Waals surface area contributed by atoms with Gasteiger partial charge in [-0.25, -0.2) is 0 Å². The van der Waals surface area contributed by atoms with Crippen molar-refractivity contribution in [3.63, 3.8) is 0 Å². The van der Waals surface area contributed by atoms with Crippen LogP contribution >= 0.6 is 0 Å². The molecule has 2 aromatic carbocycles. The molecule has 0 bridgehead atoms. The van der Waals surface area contributed by atoms with Gasteiger partial charge < -0.3 is 25.1 Å². The lowest BCUT2D eigenvalue weighted by molar-refractivity contribution is -0.137. The summed E-state index contributed by atoms with van der Waals surface area (Å²) in [7, 11) is 1.53. The molecule has 1 fully saturated rings. The Morgan fingerprint density at radius 3 is 2.35 bits per heavy atom. The van der Waals surface area contributed by atoms with Crippen molar-refractivity contribution in [2.75, 3.05) is 12.4 Å². The zero-order chi connectivity index (χ0) is 22.4. The molecule has 7 nitrogen and oxygen atoms in total. The number of hydrogen-bond acceptors (Lipinski definition) is 5. The van der Waals surface area contributed by atoms with Gasteiger partial charge in [0.05, 0.1) is 12.8 Å². The highest BCUT2D eigenvalue weighted by Gasteiger charge is 2.38. The van der Waals surface area contributed by atoms with E-state index < -0.39 is 11.8 Å². The second kappa shape index (κ2) is 7.57. The molecule has 0 unspecified atom stereocenters. The number of rotatable bonds is 3. The molecule has 1 aliphatic heterocycles. The van der Waals surface area contributed by atoms with Crippen molar-refractivity contribution >= 4 is 39.4 Å². The second-order valence-electron chi connectivity index (χ2n) is 9.57. The Kier molecular flexibility index (Phi) is 5.17. The van der Waals surface area contributed by atoms with E-state index in [4.69, 9.17) is 9.15 Å². The van der Waals surface area contributed by atoms with E-state index in [1.54, 1.807) is 6.07 Å². The van der Waals surface area contributed by atoms with Gasteiger partial charge in [-0.15, -0.1) is 0 Å². The summed E-state index contributed by atoms with van der Waals surface area (Å²) in [6, 6.07) is 11.1. The molecule has 1 aromatic heterocycles. The van der Waals surface area contributed by atoms with Gasteiger partial charge in [-0.3, -0.25) is 9.59 Å². The first-order valence-electron chi connectivity index (χ1n) is 10.5. The van der Waals surface area contributed by atoms with Gasteiger partial charge in [0.2, 0.25) is 0 Å². The maximum atomic E-state index is 12.7. The Morgan fingerprint density at radius 1 is 1.00 bits per heavy atom. The molecular formula is C24H29N3O4. The zero-order valence-corrected chi connectivity index (χ0v) is 18.6. The van der Waals surface area contributed by atoms with Crippen LogP contribution < -0.4 is 20.7 Å². The Bertz CT molecular complexity index is 1150. The van der Waals surface area contributed by atoms with Crippen molar-refractivity contribution in [2.24, 2.45) is 0 Å². The molecule has 2 amide bonds. The molecule has 3 aromatic rings. The van der Waals surface area contributed by atoms with Crippen LogP contribution in [0.15, 0.2) is 40.8 Å². The third kappa shape index (κ3) is 4.37. The number of amides is 2. The number of anilines is 1. The molecule has 4 rings (SSSR count). The Hall–Kier alpha value is -3.06. The lowest BCUT2D eigenvalue weighted by Crippen LogP contribution is -2.62. The number of piperidine rings is 1. The number of furan rings is 1. The van der Waals surface area contributed by atoms with E-state index in [0.717, 1.165) is 29.2 Å². The topological polar surface area (TPSA) is 92.6 Å². The predicted octanol–water partition coefficient (Wildman–Crippen LogP) is 3.96. The van der Waals surface area contributed by atoms with E-state index in [9.17, 15) is 9.59 Å². The molecule has 0 spiro atoms. The number of para-hydroxylation sites is 1. The standard InChI is InChI=1S/C24H29N3O4/c1-23(2)12-14(13-24(3,4)27-23)25-21(28)22(29)26-17-11-19-16(10-20(17)30-5)15-8-6-7-9-18(15)31-19/h6-11,14,27H,12-13H2,1-5H3,(H,25,28)(H,26,29). The highest BCUT2D eigenvalue weighted by molar-refractivity contribution is 6.40. The smallest absolute Gasteiger partial charge is 0.313 e. The molecule has 164 valence electrons. The van der Waals surface area contributed by atoms with Gasteiger partial charge in [-0.1, -0.05) is 18.2 Å². The van der Waals surface area contributed by atoms with Crippen molar-refractivity contribution in [3.05, 3.63) is 36.4 Å². The normalized spacial score (nSPS) is 18.1. The summed E-state index contributed by atoms with van der Waals surface area (Å²) in [6.45, 7) is 8.39. The van der Waals surface area contributed by atoms with E-state index in [1.165, 1.54) is 7.11 Å². The number of hydrogen-bond donors (Lipinski definition) is 3. The first kappa shape index (κ1) is 21.2. The molecule has 0 saturated carbocycles. The van der Waals surface area contributed by atoms with Gasteiger partial charge in [0.1, 0.15) is 16.9 Å². The Morgan fingerprint density at radius 2 is 1.68 bits per heavy atom. The average molecular weight is 424 g/mol. The fraction of sp³-hybridized carbons (Fsp3) is 0.417. The van der Waals surface area contributed by atoms with Crippen molar-refractivity contribution in [1.82, 2.24) is 10.6 Å². The van der Waals surface area contributed by atoms with E-state index >= 15 is 0 Å². The summed E-state index contributed by atoms with van der Waals surface area (Å²) in [5.41, 5.74) is 1.48. The first-order chi connectivity index (χ1) is 14.6. The average Bonchev–Trinajstić information content (AvgIpc) is 3.02. The number of fused-ring (bicyclic) bond motifs is 3. The van der Waals surface area contributed by atoms with Crippen molar-refractivity contribution in [1.29, 1.82) is 0 Å². The molecule has 3 N–H and O–H groups in total. The molecule has 2 heterocycles. The number of carbonyl (C=O) groups excluding carboxylic acids is 2. The van der Waals surface area contributed by atoms with Gasteiger partial charge >= 0.3 is 11.8 Å². The monoisotopic (exact) mass is 423 g/mol. The fourth-order valence-electron chi connectivity index (χ4n) is 4.87. The third-order valence-corrected chi connectivity index (χ3v) is 5.68. The summed E-state index contributed by atoms with van der Waals surface area (Å²) in [5.74, 6) is -0.933. The fourth-order valence-corrected chi connectivity index (χ4v) is 4.87. The number of nitrogens with one attached hydrogen (secondary N) is 3. The number of benzene rings is 2. The summed E-state index contributed by atoms with van der Waals surface area (Å²) >= 11 is 0. The predicted molar refractivity (Wildman–Crippen MR) is 121 cm³/mol. The summed E-state index contributed by atoms with van der Waals surface area (Å²) in [4.78, 5) is 25.3. The van der Waals surface area contributed by atoms with Crippen LogP contribution in [0.25, 0.3) is 21.9 Å². The molecule has 0 aliphatic carbocycles. The van der Waals surface area contributed by atoms with Crippen LogP contribution in [0, 0.1) is 0 Å². The lowest BCUT2D eigenvalue weighted by Gasteiger charge is -2.46. The minimum atomic E-state index is -0.733. The Labute approximate surface area is 181 Å². The van der Waals surface area contributed by atoms with Gasteiger partial charge in [0.25, 0.3) is 0 Å². The molecule has 31 heavy (non-hydrogen) atoms. The van der Waals surface area contributed by atoms with Crippen molar-refractivity contribution in [2.45, 2.75) is 57.7 Å². The lowest BCUT2D eigenvalue weighted by atomic mass is 9.79. The largest absolute Gasteiger partial charge is 0.495 e. The van der Waals surface area contributed by atoms with Gasteiger partial charge in [-0.2, -0.15) is 0 Å². The molecule has 1 saturated heterocycles. The van der Waals surface area contributed by atoms with Crippen LogP contribution in [0.5, 0.6) is 5.75 Å². The van der Waals surface area contributed by atoms with Crippen LogP contribution in [0.2, 0.25) is 0 Å². The van der Waals surface area contributed by atoms with Gasteiger partial charge in [-0.05, 0) is 52.7 Å². The number of carbonyl (C=O) groups is 2. The van der Waals surface area contributed by atoms with E-state index in [2.05, 4.69) is 43.6 Å².